The summed E-state index contributed by atoms with van der Waals surface area (Å²) in [5.41, 5.74) is 7.58. The Kier molecular flexibility index (Phi) is 2.64. The number of benzene rings is 1. The predicted octanol–water partition coefficient (Wildman–Crippen LogP) is 0.412. The van der Waals surface area contributed by atoms with E-state index in [0.29, 0.717) is 18.9 Å². The summed E-state index contributed by atoms with van der Waals surface area (Å²) in [5, 5.41) is 5.94. The van der Waals surface area contributed by atoms with Crippen LogP contribution in [0.15, 0.2) is 33.5 Å². The van der Waals surface area contributed by atoms with Crippen LogP contribution in [0.4, 0.5) is 0 Å². The number of nitrogens with one attached hydrogen (secondary N) is 1. The van der Waals surface area contributed by atoms with Gasteiger partial charge in [-0.2, -0.15) is 0 Å². The fraction of sp³-hybridized carbons (Fsp3) is 0.200. The molecular formula is C10H11N3O2. The van der Waals surface area contributed by atoms with Gasteiger partial charge in [-0.05, 0) is 11.1 Å². The molecule has 3 N–H and O–H groups in total. The molecule has 1 heterocycles. The molecule has 5 heteroatoms. The van der Waals surface area contributed by atoms with E-state index in [-0.39, 0.29) is 0 Å². The number of hydrogen-bond acceptors (Lipinski definition) is 4. The SMILES string of the molecule is NCc1ccc(Cc2n[nH]c(=O)o2)cc1. The lowest BCUT2D eigenvalue weighted by Gasteiger charge is -1.99. The van der Waals surface area contributed by atoms with E-state index in [1.54, 1.807) is 0 Å². The van der Waals surface area contributed by atoms with Gasteiger partial charge in [-0.25, -0.2) is 9.89 Å². The first-order valence-electron chi connectivity index (χ1n) is 4.60. The first kappa shape index (κ1) is 9.67. The third-order valence-electron chi connectivity index (χ3n) is 2.10. The van der Waals surface area contributed by atoms with Crippen molar-refractivity contribution in [3.05, 3.63) is 51.8 Å². The van der Waals surface area contributed by atoms with Crippen LogP contribution in [-0.4, -0.2) is 10.2 Å². The van der Waals surface area contributed by atoms with Crippen molar-refractivity contribution in [1.29, 1.82) is 0 Å². The summed E-state index contributed by atoms with van der Waals surface area (Å²) in [6.45, 7) is 0.526. The lowest BCUT2D eigenvalue weighted by molar-refractivity contribution is 0.471. The molecule has 0 saturated heterocycles. The molecule has 1 aromatic heterocycles. The van der Waals surface area contributed by atoms with E-state index in [2.05, 4.69) is 10.2 Å². The topological polar surface area (TPSA) is 84.9 Å². The highest BCUT2D eigenvalue weighted by Crippen LogP contribution is 2.07. The van der Waals surface area contributed by atoms with E-state index in [1.165, 1.54) is 0 Å². The molecule has 0 saturated carbocycles. The first-order chi connectivity index (χ1) is 7.28. The maximum atomic E-state index is 10.7. The molecule has 2 aromatic rings. The lowest BCUT2D eigenvalue weighted by Crippen LogP contribution is -1.96. The van der Waals surface area contributed by atoms with Crippen molar-refractivity contribution < 1.29 is 4.42 Å². The summed E-state index contributed by atoms with van der Waals surface area (Å²) < 4.78 is 4.80. The van der Waals surface area contributed by atoms with Gasteiger partial charge in [0, 0.05) is 6.54 Å². The Bertz CT molecular complexity index is 484. The molecule has 5 nitrogen and oxygen atoms in total. The van der Waals surface area contributed by atoms with Crippen LogP contribution in [0.1, 0.15) is 17.0 Å². The summed E-state index contributed by atoms with van der Waals surface area (Å²) in [6.07, 6.45) is 0.504. The highest BCUT2D eigenvalue weighted by molar-refractivity contribution is 5.24. The van der Waals surface area contributed by atoms with E-state index in [1.807, 2.05) is 24.3 Å². The van der Waals surface area contributed by atoms with Crippen LogP contribution < -0.4 is 11.5 Å². The van der Waals surface area contributed by atoms with Gasteiger partial charge in [0.25, 0.3) is 0 Å². The fourth-order valence-electron chi connectivity index (χ4n) is 1.30. The van der Waals surface area contributed by atoms with Gasteiger partial charge < -0.3 is 10.2 Å². The zero-order valence-electron chi connectivity index (χ0n) is 8.06. The van der Waals surface area contributed by atoms with Gasteiger partial charge in [0.15, 0.2) is 0 Å². The number of aromatic nitrogens is 2. The molecule has 1 aromatic carbocycles. The summed E-state index contributed by atoms with van der Waals surface area (Å²) >= 11 is 0. The van der Waals surface area contributed by atoms with Crippen molar-refractivity contribution in [1.82, 2.24) is 10.2 Å². The summed E-state index contributed by atoms with van der Waals surface area (Å²) in [5.74, 6) is -0.135. The molecule has 0 aliphatic rings. The summed E-state index contributed by atoms with van der Waals surface area (Å²) in [6, 6.07) is 7.77. The van der Waals surface area contributed by atoms with E-state index >= 15 is 0 Å². The van der Waals surface area contributed by atoms with E-state index in [0.717, 1.165) is 11.1 Å². The van der Waals surface area contributed by atoms with Crippen molar-refractivity contribution in [2.75, 3.05) is 0 Å². The standard InChI is InChI=1S/C10H11N3O2/c11-6-8-3-1-7(2-4-8)5-9-12-13-10(14)15-9/h1-4H,5-6,11H2,(H,13,14). The second-order valence-electron chi connectivity index (χ2n) is 3.20. The van der Waals surface area contributed by atoms with Crippen LogP contribution >= 0.6 is 0 Å². The van der Waals surface area contributed by atoms with Crippen molar-refractivity contribution in [3.8, 4) is 0 Å². The average molecular weight is 205 g/mol. The van der Waals surface area contributed by atoms with Gasteiger partial charge in [0.2, 0.25) is 5.89 Å². The molecule has 0 bridgehead atoms. The van der Waals surface area contributed by atoms with Crippen molar-refractivity contribution in [2.45, 2.75) is 13.0 Å². The van der Waals surface area contributed by atoms with Crippen LogP contribution in [-0.2, 0) is 13.0 Å². The number of nitrogens with zero attached hydrogens (tertiary/aromatic N) is 1. The molecule has 0 atom stereocenters. The van der Waals surface area contributed by atoms with Gasteiger partial charge in [-0.15, -0.1) is 5.10 Å². The molecular weight excluding hydrogens is 194 g/mol. The van der Waals surface area contributed by atoms with Crippen molar-refractivity contribution in [3.63, 3.8) is 0 Å². The molecule has 0 radical (unpaired) electrons. The number of aromatic amines is 1. The zero-order valence-corrected chi connectivity index (χ0v) is 8.06. The maximum Gasteiger partial charge on any atom is 0.434 e. The monoisotopic (exact) mass is 205 g/mol. The number of hydrogen-bond donors (Lipinski definition) is 2. The molecule has 0 aliphatic carbocycles. The minimum absolute atomic E-state index is 0.389. The Balaban J connectivity index is 2.14. The Morgan fingerprint density at radius 2 is 1.93 bits per heavy atom. The average Bonchev–Trinajstić information content (AvgIpc) is 2.65. The van der Waals surface area contributed by atoms with Crippen molar-refractivity contribution >= 4 is 0 Å². The molecule has 0 fully saturated rings. The zero-order chi connectivity index (χ0) is 10.7. The third-order valence-corrected chi connectivity index (χ3v) is 2.10. The maximum absolute atomic E-state index is 10.7. The van der Waals surface area contributed by atoms with E-state index in [9.17, 15) is 4.79 Å². The Morgan fingerprint density at radius 1 is 1.27 bits per heavy atom. The molecule has 78 valence electrons. The summed E-state index contributed by atoms with van der Waals surface area (Å²) in [7, 11) is 0. The Labute approximate surface area is 85.9 Å². The second-order valence-corrected chi connectivity index (χ2v) is 3.20. The van der Waals surface area contributed by atoms with Crippen molar-refractivity contribution in [2.24, 2.45) is 5.73 Å². The molecule has 0 amide bonds. The van der Waals surface area contributed by atoms with Crippen LogP contribution in [0.25, 0.3) is 0 Å². The first-order valence-corrected chi connectivity index (χ1v) is 4.60. The summed E-state index contributed by atoms with van der Waals surface area (Å²) in [4.78, 5) is 10.7. The minimum atomic E-state index is -0.524. The Morgan fingerprint density at radius 3 is 2.47 bits per heavy atom. The molecule has 15 heavy (non-hydrogen) atoms. The Hall–Kier alpha value is -1.88. The number of rotatable bonds is 3. The van der Waals surface area contributed by atoms with Crippen LogP contribution in [0.3, 0.4) is 0 Å². The smallest absolute Gasteiger partial charge is 0.392 e. The van der Waals surface area contributed by atoms with Gasteiger partial charge >= 0.3 is 5.76 Å². The van der Waals surface area contributed by atoms with Gasteiger partial charge in [-0.3, -0.25) is 0 Å². The van der Waals surface area contributed by atoms with Crippen LogP contribution in [0.2, 0.25) is 0 Å². The van der Waals surface area contributed by atoms with E-state index < -0.39 is 5.76 Å². The van der Waals surface area contributed by atoms with Gasteiger partial charge in [-0.1, -0.05) is 24.3 Å². The highest BCUT2D eigenvalue weighted by atomic mass is 16.4. The lowest BCUT2D eigenvalue weighted by atomic mass is 10.1. The normalized spacial score (nSPS) is 10.5. The predicted molar refractivity (Wildman–Crippen MR) is 54.3 cm³/mol. The number of nitrogens with two attached hydrogens (primary N) is 1. The molecule has 0 spiro atoms. The largest absolute Gasteiger partial charge is 0.434 e. The molecule has 0 aliphatic heterocycles. The minimum Gasteiger partial charge on any atom is -0.392 e. The number of H-pyrrole nitrogens is 1. The van der Waals surface area contributed by atoms with Gasteiger partial charge in [0.05, 0.1) is 6.42 Å². The van der Waals surface area contributed by atoms with Crippen LogP contribution in [0, 0.1) is 0 Å². The quantitative estimate of drug-likeness (QED) is 0.760. The molecule has 0 unspecified atom stereocenters. The van der Waals surface area contributed by atoms with Gasteiger partial charge in [0.1, 0.15) is 0 Å². The fourth-order valence-corrected chi connectivity index (χ4v) is 1.30. The van der Waals surface area contributed by atoms with E-state index in [4.69, 9.17) is 10.2 Å². The molecule has 2 rings (SSSR count). The highest BCUT2D eigenvalue weighted by Gasteiger charge is 2.02. The van der Waals surface area contributed by atoms with Crippen LogP contribution in [0.5, 0.6) is 0 Å². The third kappa shape index (κ3) is 2.32. The second kappa shape index (κ2) is 4.10.